The summed E-state index contributed by atoms with van der Waals surface area (Å²) in [5.41, 5.74) is 7.59. The number of benzene rings is 1. The summed E-state index contributed by atoms with van der Waals surface area (Å²) >= 11 is 0. The van der Waals surface area contributed by atoms with Gasteiger partial charge in [-0.15, -0.1) is 0 Å². The standard InChI is InChI=1S/C14H15N5O2/c1-9(20-2)13-17-14(21-18-13)11-8-16-19(12(11)15)10-6-4-3-5-7-10/h3-9H,15H2,1-2H3. The SMILES string of the molecule is COC(C)c1noc(-c2cnn(-c3ccccc3)c2N)n1. The van der Waals surface area contributed by atoms with Gasteiger partial charge in [-0.3, -0.25) is 0 Å². The lowest BCUT2D eigenvalue weighted by atomic mass is 10.3. The Morgan fingerprint density at radius 3 is 2.76 bits per heavy atom. The van der Waals surface area contributed by atoms with Gasteiger partial charge in [0.25, 0.3) is 5.89 Å². The molecular formula is C14H15N5O2. The summed E-state index contributed by atoms with van der Waals surface area (Å²) in [5.74, 6) is 1.24. The first-order valence-corrected chi connectivity index (χ1v) is 6.46. The second-order valence-corrected chi connectivity index (χ2v) is 4.53. The highest BCUT2D eigenvalue weighted by Gasteiger charge is 2.19. The first-order chi connectivity index (χ1) is 10.2. The van der Waals surface area contributed by atoms with Crippen LogP contribution in [0.25, 0.3) is 17.1 Å². The van der Waals surface area contributed by atoms with Crippen LogP contribution in [-0.4, -0.2) is 27.0 Å². The van der Waals surface area contributed by atoms with E-state index in [9.17, 15) is 0 Å². The number of methoxy groups -OCH3 is 1. The summed E-state index contributed by atoms with van der Waals surface area (Å²) in [6.45, 7) is 1.84. The second kappa shape index (κ2) is 5.37. The van der Waals surface area contributed by atoms with E-state index in [-0.39, 0.29) is 6.10 Å². The molecule has 1 unspecified atom stereocenters. The van der Waals surface area contributed by atoms with Crippen molar-refractivity contribution in [2.75, 3.05) is 12.8 Å². The zero-order valence-electron chi connectivity index (χ0n) is 11.7. The van der Waals surface area contributed by atoms with E-state index in [1.54, 1.807) is 18.0 Å². The van der Waals surface area contributed by atoms with Gasteiger partial charge in [0.2, 0.25) is 5.82 Å². The average Bonchev–Trinajstić information content (AvgIpc) is 3.14. The smallest absolute Gasteiger partial charge is 0.263 e. The van der Waals surface area contributed by atoms with Gasteiger partial charge in [-0.05, 0) is 19.1 Å². The maximum absolute atomic E-state index is 6.13. The van der Waals surface area contributed by atoms with Crippen molar-refractivity contribution in [2.24, 2.45) is 0 Å². The lowest BCUT2D eigenvalue weighted by Gasteiger charge is -2.03. The number of ether oxygens (including phenoxy) is 1. The first-order valence-electron chi connectivity index (χ1n) is 6.46. The minimum Gasteiger partial charge on any atom is -0.383 e. The molecule has 3 aromatic rings. The molecule has 108 valence electrons. The van der Waals surface area contributed by atoms with Gasteiger partial charge in [0.15, 0.2) is 0 Å². The third-order valence-electron chi connectivity index (χ3n) is 3.20. The fourth-order valence-electron chi connectivity index (χ4n) is 1.91. The Morgan fingerprint density at radius 2 is 2.05 bits per heavy atom. The fourth-order valence-corrected chi connectivity index (χ4v) is 1.91. The van der Waals surface area contributed by atoms with Gasteiger partial charge in [0.1, 0.15) is 17.5 Å². The van der Waals surface area contributed by atoms with E-state index in [1.165, 1.54) is 0 Å². The van der Waals surface area contributed by atoms with Gasteiger partial charge in [-0.1, -0.05) is 23.4 Å². The number of nitrogen functional groups attached to an aromatic ring is 1. The molecule has 2 N–H and O–H groups in total. The van der Waals surface area contributed by atoms with Gasteiger partial charge >= 0.3 is 0 Å². The molecule has 3 rings (SSSR count). The van der Waals surface area contributed by atoms with Crippen LogP contribution in [0.3, 0.4) is 0 Å². The molecule has 0 saturated heterocycles. The van der Waals surface area contributed by atoms with Crippen LogP contribution in [0.5, 0.6) is 0 Å². The second-order valence-electron chi connectivity index (χ2n) is 4.53. The van der Waals surface area contributed by atoms with Crippen molar-refractivity contribution in [3.63, 3.8) is 0 Å². The molecule has 21 heavy (non-hydrogen) atoms. The molecule has 0 amide bonds. The molecule has 0 saturated carbocycles. The Balaban J connectivity index is 1.97. The predicted octanol–water partition coefficient (Wildman–Crippen LogP) is 2.21. The zero-order valence-corrected chi connectivity index (χ0v) is 11.7. The van der Waals surface area contributed by atoms with E-state index in [4.69, 9.17) is 15.0 Å². The Morgan fingerprint density at radius 1 is 1.29 bits per heavy atom. The molecule has 0 fully saturated rings. The van der Waals surface area contributed by atoms with Gasteiger partial charge < -0.3 is 15.0 Å². The third-order valence-corrected chi connectivity index (χ3v) is 3.20. The van der Waals surface area contributed by atoms with Crippen molar-refractivity contribution in [2.45, 2.75) is 13.0 Å². The Bertz CT molecular complexity index is 735. The van der Waals surface area contributed by atoms with Crippen LogP contribution in [0.2, 0.25) is 0 Å². The summed E-state index contributed by atoms with van der Waals surface area (Å²) < 4.78 is 12.0. The van der Waals surface area contributed by atoms with E-state index >= 15 is 0 Å². The molecule has 1 aromatic carbocycles. The zero-order chi connectivity index (χ0) is 14.8. The minimum absolute atomic E-state index is 0.243. The summed E-state index contributed by atoms with van der Waals surface area (Å²) in [5, 5.41) is 8.15. The molecule has 0 spiro atoms. The van der Waals surface area contributed by atoms with E-state index in [0.717, 1.165) is 5.69 Å². The van der Waals surface area contributed by atoms with Crippen LogP contribution in [0, 0.1) is 0 Å². The molecule has 7 heteroatoms. The van der Waals surface area contributed by atoms with Gasteiger partial charge in [-0.25, -0.2) is 4.68 Å². The Kier molecular flexibility index (Phi) is 3.41. The Hall–Kier alpha value is -2.67. The van der Waals surface area contributed by atoms with Gasteiger partial charge in [0.05, 0.1) is 11.9 Å². The van der Waals surface area contributed by atoms with E-state index in [0.29, 0.717) is 23.1 Å². The molecule has 7 nitrogen and oxygen atoms in total. The van der Waals surface area contributed by atoms with E-state index < -0.39 is 0 Å². The van der Waals surface area contributed by atoms with Crippen LogP contribution >= 0.6 is 0 Å². The molecule has 0 radical (unpaired) electrons. The van der Waals surface area contributed by atoms with Crippen LogP contribution in [0.15, 0.2) is 41.1 Å². The first kappa shape index (κ1) is 13.3. The van der Waals surface area contributed by atoms with E-state index in [2.05, 4.69) is 15.2 Å². The number of aromatic nitrogens is 4. The van der Waals surface area contributed by atoms with Crippen LogP contribution in [-0.2, 0) is 4.74 Å². The summed E-state index contributed by atoms with van der Waals surface area (Å²) in [4.78, 5) is 4.28. The molecule has 0 aliphatic heterocycles. The van der Waals surface area contributed by atoms with Crippen molar-refractivity contribution in [3.8, 4) is 17.1 Å². The maximum atomic E-state index is 6.13. The quantitative estimate of drug-likeness (QED) is 0.790. The lowest BCUT2D eigenvalue weighted by molar-refractivity contribution is 0.109. The molecule has 1 atom stereocenters. The van der Waals surface area contributed by atoms with Crippen molar-refractivity contribution in [1.29, 1.82) is 0 Å². The summed E-state index contributed by atoms with van der Waals surface area (Å²) in [6, 6.07) is 9.60. The van der Waals surface area contributed by atoms with Crippen LogP contribution < -0.4 is 5.73 Å². The molecular weight excluding hydrogens is 270 g/mol. The summed E-state index contributed by atoms with van der Waals surface area (Å²) in [7, 11) is 1.59. The van der Waals surface area contributed by atoms with Crippen molar-refractivity contribution >= 4 is 5.82 Å². The van der Waals surface area contributed by atoms with Crippen molar-refractivity contribution in [1.82, 2.24) is 19.9 Å². The number of nitrogens with two attached hydrogens (primary N) is 1. The topological polar surface area (TPSA) is 92.0 Å². The van der Waals surface area contributed by atoms with Crippen molar-refractivity contribution in [3.05, 3.63) is 42.4 Å². The Labute approximate surface area is 121 Å². The van der Waals surface area contributed by atoms with E-state index in [1.807, 2.05) is 37.3 Å². The highest BCUT2D eigenvalue weighted by molar-refractivity contribution is 5.68. The number of hydrogen-bond acceptors (Lipinski definition) is 6. The van der Waals surface area contributed by atoms with Crippen molar-refractivity contribution < 1.29 is 9.26 Å². The van der Waals surface area contributed by atoms with Crippen LogP contribution in [0.4, 0.5) is 5.82 Å². The number of para-hydroxylation sites is 1. The normalized spacial score (nSPS) is 12.5. The van der Waals surface area contributed by atoms with Crippen LogP contribution in [0.1, 0.15) is 18.9 Å². The monoisotopic (exact) mass is 285 g/mol. The average molecular weight is 285 g/mol. The third kappa shape index (κ3) is 2.38. The largest absolute Gasteiger partial charge is 0.383 e. The number of hydrogen-bond donors (Lipinski definition) is 1. The highest BCUT2D eigenvalue weighted by Crippen LogP contribution is 2.27. The molecule has 0 bridgehead atoms. The minimum atomic E-state index is -0.243. The molecule has 2 aromatic heterocycles. The fraction of sp³-hybridized carbons (Fsp3) is 0.214. The lowest BCUT2D eigenvalue weighted by Crippen LogP contribution is -2.02. The number of anilines is 1. The van der Waals surface area contributed by atoms with Gasteiger partial charge in [0, 0.05) is 7.11 Å². The van der Waals surface area contributed by atoms with Gasteiger partial charge in [-0.2, -0.15) is 10.1 Å². The number of nitrogens with zero attached hydrogens (tertiary/aromatic N) is 4. The molecule has 0 aliphatic carbocycles. The maximum Gasteiger partial charge on any atom is 0.263 e. The molecule has 0 aliphatic rings. The predicted molar refractivity (Wildman–Crippen MR) is 76.7 cm³/mol. The summed E-state index contributed by atoms with van der Waals surface area (Å²) in [6.07, 6.45) is 1.37. The highest BCUT2D eigenvalue weighted by atomic mass is 16.5. The molecule has 2 heterocycles. The number of rotatable bonds is 4.